The molecule has 0 bridgehead atoms. The average molecular weight is 339 g/mol. The minimum Gasteiger partial charge on any atom is -0.492 e. The molecule has 1 heterocycles. The van der Waals surface area contributed by atoms with Crippen LogP contribution < -0.4 is 10.1 Å². The molecule has 1 atom stereocenters. The highest BCUT2D eigenvalue weighted by Crippen LogP contribution is 2.24. The zero-order valence-electron chi connectivity index (χ0n) is 14.6. The fourth-order valence-electron chi connectivity index (χ4n) is 3.07. The van der Waals surface area contributed by atoms with Gasteiger partial charge in [-0.1, -0.05) is 48.5 Å². The molecular weight excluding hydrogens is 314 g/mol. The number of para-hydroxylation sites is 1. The molecule has 132 valence electrons. The first kappa shape index (κ1) is 17.3. The highest BCUT2D eigenvalue weighted by atomic mass is 16.5. The minimum absolute atomic E-state index is 0.0291. The van der Waals surface area contributed by atoms with Crippen molar-refractivity contribution in [3.05, 3.63) is 66.2 Å². The summed E-state index contributed by atoms with van der Waals surface area (Å²) in [5, 5.41) is 2.98. The Hall–Kier alpha value is -2.53. The van der Waals surface area contributed by atoms with Crippen LogP contribution in [0.4, 0.5) is 4.79 Å². The molecular formula is C20H25N3O2. The molecule has 2 aromatic rings. The Morgan fingerprint density at radius 1 is 1.08 bits per heavy atom. The Morgan fingerprint density at radius 3 is 2.48 bits per heavy atom. The highest BCUT2D eigenvalue weighted by Gasteiger charge is 2.29. The van der Waals surface area contributed by atoms with E-state index in [9.17, 15) is 4.79 Å². The number of carbonyl (C=O) groups excluding carboxylic acids is 1. The molecule has 1 N–H and O–H groups in total. The van der Waals surface area contributed by atoms with E-state index in [1.165, 1.54) is 5.56 Å². The van der Waals surface area contributed by atoms with Crippen molar-refractivity contribution in [2.75, 3.05) is 39.8 Å². The maximum Gasteiger partial charge on any atom is 0.318 e. The lowest BCUT2D eigenvalue weighted by molar-refractivity contribution is 0.108. The molecule has 0 spiro atoms. The summed E-state index contributed by atoms with van der Waals surface area (Å²) in [4.78, 5) is 16.8. The van der Waals surface area contributed by atoms with Crippen LogP contribution in [0.5, 0.6) is 5.75 Å². The number of piperazine rings is 1. The molecule has 0 aliphatic carbocycles. The number of benzene rings is 2. The number of nitrogens with zero attached hydrogens (tertiary/aromatic N) is 2. The molecule has 5 heteroatoms. The van der Waals surface area contributed by atoms with E-state index in [1.54, 1.807) is 0 Å². The van der Waals surface area contributed by atoms with E-state index in [2.05, 4.69) is 29.4 Å². The maximum atomic E-state index is 12.6. The largest absolute Gasteiger partial charge is 0.492 e. The maximum absolute atomic E-state index is 12.6. The Kier molecular flexibility index (Phi) is 5.90. The van der Waals surface area contributed by atoms with Gasteiger partial charge in [-0.05, 0) is 24.7 Å². The van der Waals surface area contributed by atoms with Crippen LogP contribution in [-0.4, -0.2) is 55.7 Å². The second-order valence-electron chi connectivity index (χ2n) is 6.28. The summed E-state index contributed by atoms with van der Waals surface area (Å²) in [7, 11) is 2.10. The zero-order valence-corrected chi connectivity index (χ0v) is 14.6. The lowest BCUT2D eigenvalue weighted by Gasteiger charge is -2.40. The van der Waals surface area contributed by atoms with Crippen LogP contribution in [-0.2, 0) is 0 Å². The summed E-state index contributed by atoms with van der Waals surface area (Å²) in [6, 6.07) is 19.9. The second kappa shape index (κ2) is 8.53. The van der Waals surface area contributed by atoms with Gasteiger partial charge in [-0.15, -0.1) is 0 Å². The van der Waals surface area contributed by atoms with Crippen LogP contribution in [0.2, 0.25) is 0 Å². The minimum atomic E-state index is -0.0291. The summed E-state index contributed by atoms with van der Waals surface area (Å²) in [5.41, 5.74) is 1.17. The molecule has 0 radical (unpaired) electrons. The van der Waals surface area contributed by atoms with E-state index >= 15 is 0 Å². The summed E-state index contributed by atoms with van der Waals surface area (Å²) in [6.07, 6.45) is 0. The van der Waals surface area contributed by atoms with Crippen molar-refractivity contribution < 1.29 is 9.53 Å². The predicted molar refractivity (Wildman–Crippen MR) is 98.7 cm³/mol. The van der Waals surface area contributed by atoms with Gasteiger partial charge in [0.2, 0.25) is 0 Å². The molecule has 2 amide bonds. The molecule has 2 aromatic carbocycles. The van der Waals surface area contributed by atoms with Gasteiger partial charge in [-0.25, -0.2) is 4.79 Å². The van der Waals surface area contributed by atoms with E-state index < -0.39 is 0 Å². The molecule has 1 aliphatic rings. The quantitative estimate of drug-likeness (QED) is 0.852. The summed E-state index contributed by atoms with van der Waals surface area (Å²) < 4.78 is 5.63. The smallest absolute Gasteiger partial charge is 0.318 e. The van der Waals surface area contributed by atoms with Crippen molar-refractivity contribution in [2.24, 2.45) is 0 Å². The Morgan fingerprint density at radius 2 is 1.76 bits per heavy atom. The molecule has 1 fully saturated rings. The molecule has 1 aliphatic heterocycles. The predicted octanol–water partition coefficient (Wildman–Crippen LogP) is 2.76. The summed E-state index contributed by atoms with van der Waals surface area (Å²) in [6.45, 7) is 3.40. The van der Waals surface area contributed by atoms with Gasteiger partial charge in [0.05, 0.1) is 12.6 Å². The number of hydrogen-bond donors (Lipinski definition) is 1. The third-order valence-corrected chi connectivity index (χ3v) is 4.42. The fourth-order valence-corrected chi connectivity index (χ4v) is 3.07. The first-order valence-electron chi connectivity index (χ1n) is 8.70. The molecule has 25 heavy (non-hydrogen) atoms. The lowest BCUT2D eigenvalue weighted by atomic mass is 10.0. The van der Waals surface area contributed by atoms with E-state index in [0.29, 0.717) is 13.2 Å². The Bertz CT molecular complexity index is 663. The fraction of sp³-hybridized carbons (Fsp3) is 0.350. The second-order valence-corrected chi connectivity index (χ2v) is 6.28. The number of urea groups is 1. The van der Waals surface area contributed by atoms with E-state index in [-0.39, 0.29) is 12.1 Å². The van der Waals surface area contributed by atoms with E-state index in [4.69, 9.17) is 4.74 Å². The zero-order chi connectivity index (χ0) is 17.5. The normalized spacial score (nSPS) is 18.0. The van der Waals surface area contributed by atoms with Crippen LogP contribution in [0, 0.1) is 0 Å². The van der Waals surface area contributed by atoms with Gasteiger partial charge in [0.1, 0.15) is 12.4 Å². The number of likely N-dealkylation sites (N-methyl/N-ethyl adjacent to an activating group) is 1. The number of nitrogens with one attached hydrogen (secondary N) is 1. The third-order valence-electron chi connectivity index (χ3n) is 4.42. The van der Waals surface area contributed by atoms with Gasteiger partial charge in [0, 0.05) is 19.6 Å². The van der Waals surface area contributed by atoms with E-state index in [1.807, 2.05) is 53.4 Å². The molecule has 3 rings (SSSR count). The SMILES string of the molecule is CN1CCN(C(=O)NCCOc2ccccc2)C(c2ccccc2)C1. The topological polar surface area (TPSA) is 44.8 Å². The molecule has 0 saturated carbocycles. The lowest BCUT2D eigenvalue weighted by Crippen LogP contribution is -2.52. The van der Waals surface area contributed by atoms with Gasteiger partial charge in [0.25, 0.3) is 0 Å². The average Bonchev–Trinajstić information content (AvgIpc) is 2.66. The van der Waals surface area contributed by atoms with Crippen molar-refractivity contribution in [1.29, 1.82) is 0 Å². The Balaban J connectivity index is 1.54. The number of hydrogen-bond acceptors (Lipinski definition) is 3. The number of ether oxygens (including phenoxy) is 1. The van der Waals surface area contributed by atoms with Gasteiger partial charge in [-0.2, -0.15) is 0 Å². The van der Waals surface area contributed by atoms with Crippen LogP contribution in [0.25, 0.3) is 0 Å². The molecule has 5 nitrogen and oxygen atoms in total. The van der Waals surface area contributed by atoms with Crippen LogP contribution >= 0.6 is 0 Å². The summed E-state index contributed by atoms with van der Waals surface area (Å²) >= 11 is 0. The molecule has 0 aromatic heterocycles. The monoisotopic (exact) mass is 339 g/mol. The van der Waals surface area contributed by atoms with Crippen molar-refractivity contribution in [3.8, 4) is 5.75 Å². The van der Waals surface area contributed by atoms with Crippen molar-refractivity contribution >= 4 is 6.03 Å². The first-order valence-corrected chi connectivity index (χ1v) is 8.70. The van der Waals surface area contributed by atoms with Crippen LogP contribution in [0.1, 0.15) is 11.6 Å². The standard InChI is InChI=1S/C20H25N3O2/c1-22-13-14-23(19(16-22)17-8-4-2-5-9-17)20(24)21-12-15-25-18-10-6-3-7-11-18/h2-11,19H,12-16H2,1H3,(H,21,24). The number of rotatable bonds is 5. The Labute approximate surface area is 149 Å². The van der Waals surface area contributed by atoms with Crippen LogP contribution in [0.3, 0.4) is 0 Å². The van der Waals surface area contributed by atoms with Gasteiger partial charge < -0.3 is 19.9 Å². The van der Waals surface area contributed by atoms with Crippen molar-refractivity contribution in [1.82, 2.24) is 15.1 Å². The van der Waals surface area contributed by atoms with Crippen LogP contribution in [0.15, 0.2) is 60.7 Å². The van der Waals surface area contributed by atoms with E-state index in [0.717, 1.165) is 25.4 Å². The van der Waals surface area contributed by atoms with Gasteiger partial charge >= 0.3 is 6.03 Å². The number of amides is 2. The molecule has 1 unspecified atom stereocenters. The highest BCUT2D eigenvalue weighted by molar-refractivity contribution is 5.75. The molecule has 1 saturated heterocycles. The van der Waals surface area contributed by atoms with Crippen molar-refractivity contribution in [2.45, 2.75) is 6.04 Å². The van der Waals surface area contributed by atoms with Gasteiger partial charge in [-0.3, -0.25) is 0 Å². The summed E-state index contributed by atoms with van der Waals surface area (Å²) in [5.74, 6) is 0.818. The van der Waals surface area contributed by atoms with Gasteiger partial charge in [0.15, 0.2) is 0 Å². The number of carbonyl (C=O) groups is 1. The first-order chi connectivity index (χ1) is 12.2. The van der Waals surface area contributed by atoms with Crippen molar-refractivity contribution in [3.63, 3.8) is 0 Å². The third kappa shape index (κ3) is 4.73.